The number of nitrogens with zero attached hydrogens (tertiary/aromatic N) is 2. The van der Waals surface area contributed by atoms with E-state index < -0.39 is 0 Å². The van der Waals surface area contributed by atoms with Gasteiger partial charge in [-0.05, 0) is 26.2 Å². The van der Waals surface area contributed by atoms with Crippen LogP contribution in [0.4, 0.5) is 0 Å². The Morgan fingerprint density at radius 1 is 1.53 bits per heavy atom. The summed E-state index contributed by atoms with van der Waals surface area (Å²) in [5.74, 6) is 0.933. The van der Waals surface area contributed by atoms with Crippen LogP contribution in [0.3, 0.4) is 0 Å². The van der Waals surface area contributed by atoms with Gasteiger partial charge >= 0.3 is 0 Å². The molecule has 3 rings (SSSR count). The summed E-state index contributed by atoms with van der Waals surface area (Å²) in [6.07, 6.45) is 2.43. The molecule has 0 aromatic carbocycles. The number of hydrogen-bond donors (Lipinski definition) is 0. The molecule has 0 spiro atoms. The maximum atomic E-state index is 12.2. The molecule has 0 radical (unpaired) electrons. The van der Waals surface area contributed by atoms with Gasteiger partial charge in [-0.1, -0.05) is 5.16 Å². The van der Waals surface area contributed by atoms with Crippen molar-refractivity contribution in [3.63, 3.8) is 0 Å². The average Bonchev–Trinajstić information content (AvgIpc) is 2.98. The summed E-state index contributed by atoms with van der Waals surface area (Å²) < 4.78 is 10.7. The third kappa shape index (κ3) is 1.84. The van der Waals surface area contributed by atoms with Crippen LogP contribution in [0.2, 0.25) is 0 Å². The molecule has 2 aliphatic heterocycles. The highest BCUT2D eigenvalue weighted by Crippen LogP contribution is 2.24. The number of hydrogen-bond acceptors (Lipinski definition) is 4. The Hall–Kier alpha value is -1.36. The zero-order valence-electron chi connectivity index (χ0n) is 9.94. The molecule has 0 N–H and O–H groups in total. The molecule has 1 fully saturated rings. The van der Waals surface area contributed by atoms with Crippen molar-refractivity contribution in [1.82, 2.24) is 10.1 Å². The Labute approximate surface area is 99.7 Å². The lowest BCUT2D eigenvalue weighted by Crippen LogP contribution is -2.41. The van der Waals surface area contributed by atoms with Crippen LogP contribution in [0.1, 0.15) is 29.9 Å². The second-order valence-corrected chi connectivity index (χ2v) is 4.68. The number of rotatable bonds is 1. The van der Waals surface area contributed by atoms with E-state index in [2.05, 4.69) is 5.16 Å². The van der Waals surface area contributed by atoms with Gasteiger partial charge in [0.25, 0.3) is 5.91 Å². The number of carbonyl (C=O) groups excluding carboxylic acids is 1. The largest absolute Gasteiger partial charge is 0.368 e. The second kappa shape index (κ2) is 4.14. The van der Waals surface area contributed by atoms with Crippen LogP contribution < -0.4 is 0 Å². The van der Waals surface area contributed by atoms with E-state index in [1.807, 2.05) is 11.8 Å². The van der Waals surface area contributed by atoms with Gasteiger partial charge in [0, 0.05) is 18.7 Å². The molecule has 1 aromatic heterocycles. The van der Waals surface area contributed by atoms with Crippen molar-refractivity contribution in [2.75, 3.05) is 13.2 Å². The van der Waals surface area contributed by atoms with Gasteiger partial charge in [-0.3, -0.25) is 4.79 Å². The van der Waals surface area contributed by atoms with Crippen molar-refractivity contribution >= 4 is 5.91 Å². The molecule has 1 aromatic rings. The predicted molar refractivity (Wildman–Crippen MR) is 59.3 cm³/mol. The summed E-state index contributed by atoms with van der Waals surface area (Å²) in [4.78, 5) is 14.0. The molecular formula is C12H16N2O3. The molecule has 1 amide bonds. The molecule has 1 saturated heterocycles. The van der Waals surface area contributed by atoms with Crippen LogP contribution in [0.5, 0.6) is 0 Å². The van der Waals surface area contributed by atoms with Crippen LogP contribution in [0.25, 0.3) is 0 Å². The van der Waals surface area contributed by atoms with E-state index in [-0.39, 0.29) is 12.0 Å². The maximum Gasteiger partial charge on any atom is 0.252 e. The quantitative estimate of drug-likeness (QED) is 0.731. The predicted octanol–water partition coefficient (Wildman–Crippen LogP) is 1.05. The first-order chi connectivity index (χ1) is 8.25. The highest BCUT2D eigenvalue weighted by molar-refractivity contribution is 5.81. The van der Waals surface area contributed by atoms with Gasteiger partial charge in [-0.25, -0.2) is 0 Å². The van der Waals surface area contributed by atoms with Gasteiger partial charge in [-0.15, -0.1) is 0 Å². The summed E-state index contributed by atoms with van der Waals surface area (Å²) in [6.45, 7) is 3.93. The molecule has 3 heterocycles. The minimum absolute atomic E-state index is 0.0993. The van der Waals surface area contributed by atoms with Crippen LogP contribution in [0.15, 0.2) is 4.52 Å². The molecule has 92 valence electrons. The van der Waals surface area contributed by atoms with Crippen molar-refractivity contribution < 1.29 is 14.1 Å². The summed E-state index contributed by atoms with van der Waals surface area (Å²) in [6, 6.07) is 0. The summed E-state index contributed by atoms with van der Waals surface area (Å²) >= 11 is 0. The molecule has 5 nitrogen and oxygen atoms in total. The molecule has 5 heteroatoms. The van der Waals surface area contributed by atoms with E-state index in [0.29, 0.717) is 13.2 Å². The van der Waals surface area contributed by atoms with Crippen LogP contribution in [-0.4, -0.2) is 35.2 Å². The molecule has 1 unspecified atom stereocenters. The average molecular weight is 236 g/mol. The van der Waals surface area contributed by atoms with Crippen molar-refractivity contribution in [1.29, 1.82) is 0 Å². The van der Waals surface area contributed by atoms with Crippen LogP contribution in [-0.2, 0) is 22.5 Å². The molecule has 0 bridgehead atoms. The normalized spacial score (nSPS) is 23.8. The SMILES string of the molecule is Cc1noc2c1CCN(C(=O)C1CCCO1)C2. The number of carbonyl (C=O) groups is 1. The van der Waals surface area contributed by atoms with Crippen LogP contribution in [0, 0.1) is 6.92 Å². The van der Waals surface area contributed by atoms with Crippen molar-refractivity contribution in [3.05, 3.63) is 17.0 Å². The Morgan fingerprint density at radius 2 is 2.41 bits per heavy atom. The first kappa shape index (κ1) is 10.8. The fraction of sp³-hybridized carbons (Fsp3) is 0.667. The standard InChI is InChI=1S/C12H16N2O3/c1-8-9-4-5-14(7-11(9)17-13-8)12(15)10-3-2-6-16-10/h10H,2-7H2,1H3. The Balaban J connectivity index is 1.73. The van der Waals surface area contributed by atoms with Crippen molar-refractivity contribution in [3.8, 4) is 0 Å². The third-order valence-electron chi connectivity index (χ3n) is 3.55. The lowest BCUT2D eigenvalue weighted by atomic mass is 10.0. The Bertz CT molecular complexity index is 435. The monoisotopic (exact) mass is 236 g/mol. The summed E-state index contributed by atoms with van der Waals surface area (Å²) in [5.41, 5.74) is 2.12. The number of fused-ring (bicyclic) bond motifs is 1. The van der Waals surface area contributed by atoms with Gasteiger partial charge in [0.05, 0.1) is 12.2 Å². The fourth-order valence-corrected chi connectivity index (χ4v) is 2.54. The molecule has 2 aliphatic rings. The number of aromatic nitrogens is 1. The Morgan fingerprint density at radius 3 is 3.18 bits per heavy atom. The minimum atomic E-state index is -0.236. The highest BCUT2D eigenvalue weighted by atomic mass is 16.5. The maximum absolute atomic E-state index is 12.2. The smallest absolute Gasteiger partial charge is 0.252 e. The number of amides is 1. The van der Waals surface area contributed by atoms with Crippen LogP contribution >= 0.6 is 0 Å². The third-order valence-corrected chi connectivity index (χ3v) is 3.55. The Kier molecular flexibility index (Phi) is 2.63. The highest BCUT2D eigenvalue weighted by Gasteiger charge is 2.32. The van der Waals surface area contributed by atoms with Gasteiger partial charge in [-0.2, -0.15) is 0 Å². The second-order valence-electron chi connectivity index (χ2n) is 4.68. The van der Waals surface area contributed by atoms with Crippen molar-refractivity contribution in [2.45, 2.75) is 38.8 Å². The fourth-order valence-electron chi connectivity index (χ4n) is 2.54. The number of aryl methyl sites for hydroxylation is 1. The first-order valence-corrected chi connectivity index (χ1v) is 6.10. The number of ether oxygens (including phenoxy) is 1. The lowest BCUT2D eigenvalue weighted by molar-refractivity contribution is -0.142. The molecular weight excluding hydrogens is 220 g/mol. The van der Waals surface area contributed by atoms with Gasteiger partial charge < -0.3 is 14.2 Å². The summed E-state index contributed by atoms with van der Waals surface area (Å²) in [7, 11) is 0. The molecule has 17 heavy (non-hydrogen) atoms. The van der Waals surface area contributed by atoms with E-state index in [1.54, 1.807) is 0 Å². The van der Waals surface area contributed by atoms with Gasteiger partial charge in [0.1, 0.15) is 6.10 Å². The van der Waals surface area contributed by atoms with Crippen molar-refractivity contribution in [2.24, 2.45) is 0 Å². The summed E-state index contributed by atoms with van der Waals surface area (Å²) in [5, 5.41) is 3.95. The van der Waals surface area contributed by atoms with E-state index in [4.69, 9.17) is 9.26 Å². The zero-order valence-corrected chi connectivity index (χ0v) is 9.94. The first-order valence-electron chi connectivity index (χ1n) is 6.10. The van der Waals surface area contributed by atoms with E-state index in [1.165, 1.54) is 5.56 Å². The van der Waals surface area contributed by atoms with E-state index in [0.717, 1.165) is 37.3 Å². The van der Waals surface area contributed by atoms with Gasteiger partial charge in [0.15, 0.2) is 5.76 Å². The molecule has 1 atom stereocenters. The topological polar surface area (TPSA) is 55.6 Å². The van der Waals surface area contributed by atoms with E-state index in [9.17, 15) is 4.79 Å². The lowest BCUT2D eigenvalue weighted by Gasteiger charge is -2.27. The molecule has 0 aliphatic carbocycles. The van der Waals surface area contributed by atoms with Gasteiger partial charge in [0.2, 0.25) is 0 Å². The van der Waals surface area contributed by atoms with E-state index >= 15 is 0 Å². The molecule has 0 saturated carbocycles. The minimum Gasteiger partial charge on any atom is -0.368 e. The zero-order chi connectivity index (χ0) is 11.8.